The van der Waals surface area contributed by atoms with Gasteiger partial charge in [0.05, 0.1) is 24.5 Å². The summed E-state index contributed by atoms with van der Waals surface area (Å²) in [6.07, 6.45) is 2.05. The van der Waals surface area contributed by atoms with Crippen LogP contribution in [-0.2, 0) is 24.3 Å². The zero-order valence-electron chi connectivity index (χ0n) is 16.9. The highest BCUT2D eigenvalue weighted by Gasteiger charge is 2.51. The molecule has 1 spiro atoms. The van der Waals surface area contributed by atoms with E-state index in [0.717, 1.165) is 0 Å². The number of sulfonamides is 1. The van der Waals surface area contributed by atoms with Crippen molar-refractivity contribution in [1.29, 1.82) is 0 Å². The molecule has 28 heavy (non-hydrogen) atoms. The zero-order chi connectivity index (χ0) is 20.6. The van der Waals surface area contributed by atoms with Gasteiger partial charge in [-0.25, -0.2) is 8.42 Å². The van der Waals surface area contributed by atoms with Crippen LogP contribution in [0.4, 0.5) is 0 Å². The summed E-state index contributed by atoms with van der Waals surface area (Å²) in [5.41, 5.74) is -1.41. The molecule has 1 aliphatic carbocycles. The lowest BCUT2D eigenvalue weighted by molar-refractivity contribution is -0.164. The minimum atomic E-state index is -3.70. The van der Waals surface area contributed by atoms with Crippen molar-refractivity contribution in [2.75, 3.05) is 20.3 Å². The van der Waals surface area contributed by atoms with Crippen LogP contribution in [0.3, 0.4) is 0 Å². The van der Waals surface area contributed by atoms with Crippen molar-refractivity contribution < 1.29 is 27.4 Å². The topological polar surface area (TPSA) is 82.1 Å². The average Bonchev–Trinajstić information content (AvgIpc) is 3.04. The number of hydrogen-bond donors (Lipinski definition) is 0. The molecule has 0 N–H and O–H groups in total. The maximum absolute atomic E-state index is 13.2. The lowest BCUT2D eigenvalue weighted by Crippen LogP contribution is -2.51. The van der Waals surface area contributed by atoms with E-state index < -0.39 is 21.3 Å². The molecule has 0 atom stereocenters. The molecule has 2 fully saturated rings. The van der Waals surface area contributed by atoms with E-state index in [-0.39, 0.29) is 16.8 Å². The fourth-order valence-corrected chi connectivity index (χ4v) is 5.61. The third-order valence-electron chi connectivity index (χ3n) is 5.27. The Balaban J connectivity index is 1.75. The normalized spacial score (nSPS) is 26.4. The summed E-state index contributed by atoms with van der Waals surface area (Å²) in [6, 6.07) is 6.37. The second-order valence-corrected chi connectivity index (χ2v) is 10.2. The Morgan fingerprint density at radius 1 is 1.18 bits per heavy atom. The first kappa shape index (κ1) is 21.1. The molecular formula is C20H29NO6S. The highest BCUT2D eigenvalue weighted by Crippen LogP contribution is 2.43. The summed E-state index contributed by atoms with van der Waals surface area (Å²) in [6.45, 7) is 6.20. The van der Waals surface area contributed by atoms with Crippen molar-refractivity contribution in [3.8, 4) is 5.75 Å². The van der Waals surface area contributed by atoms with Crippen LogP contribution in [0.1, 0.15) is 46.5 Å². The molecule has 1 aromatic carbocycles. The first-order chi connectivity index (χ1) is 13.1. The van der Waals surface area contributed by atoms with Gasteiger partial charge >= 0.3 is 5.97 Å². The molecule has 1 heterocycles. The minimum Gasteiger partial charge on any atom is -0.497 e. The molecule has 3 rings (SSSR count). The Labute approximate surface area is 167 Å². The van der Waals surface area contributed by atoms with Gasteiger partial charge in [-0.2, -0.15) is 4.31 Å². The van der Waals surface area contributed by atoms with Crippen molar-refractivity contribution in [1.82, 2.24) is 4.31 Å². The van der Waals surface area contributed by atoms with Gasteiger partial charge in [-0.3, -0.25) is 4.79 Å². The zero-order valence-corrected chi connectivity index (χ0v) is 17.8. The van der Waals surface area contributed by atoms with E-state index in [0.29, 0.717) is 44.6 Å². The van der Waals surface area contributed by atoms with Gasteiger partial charge in [0.15, 0.2) is 0 Å². The summed E-state index contributed by atoms with van der Waals surface area (Å²) < 4.78 is 44.5. The maximum atomic E-state index is 13.2. The van der Waals surface area contributed by atoms with Gasteiger partial charge < -0.3 is 14.2 Å². The van der Waals surface area contributed by atoms with Crippen LogP contribution in [0.2, 0.25) is 0 Å². The minimum absolute atomic E-state index is 0.215. The molecule has 0 aromatic heterocycles. The molecule has 1 saturated heterocycles. The average molecular weight is 412 g/mol. The molecule has 8 heteroatoms. The van der Waals surface area contributed by atoms with Crippen LogP contribution in [0.15, 0.2) is 29.2 Å². The standard InChI is InChI=1S/C20H29NO6S/c1-19(2,3)27-18(22)15-9-11-20(12-10-15)21(13-14-26-20)28(23,24)17-7-5-16(25-4)6-8-17/h5-8,15H,9-14H2,1-4H3. The van der Waals surface area contributed by atoms with E-state index >= 15 is 0 Å². The molecule has 0 radical (unpaired) electrons. The number of benzene rings is 1. The highest BCUT2D eigenvalue weighted by molar-refractivity contribution is 7.89. The van der Waals surface area contributed by atoms with Gasteiger partial charge in [-0.05, 0) is 70.7 Å². The van der Waals surface area contributed by atoms with Crippen LogP contribution < -0.4 is 4.74 Å². The van der Waals surface area contributed by atoms with E-state index in [1.807, 2.05) is 20.8 Å². The third-order valence-corrected chi connectivity index (χ3v) is 7.24. The van der Waals surface area contributed by atoms with Gasteiger partial charge in [-0.15, -0.1) is 0 Å². The first-order valence-corrected chi connectivity index (χ1v) is 11.1. The fourth-order valence-electron chi connectivity index (χ4n) is 3.89. The summed E-state index contributed by atoms with van der Waals surface area (Å²) in [5.74, 6) is 0.161. The number of nitrogens with zero attached hydrogens (tertiary/aromatic N) is 1. The van der Waals surface area contributed by atoms with Gasteiger partial charge in [-0.1, -0.05) is 0 Å². The van der Waals surface area contributed by atoms with Crippen LogP contribution in [-0.4, -0.2) is 50.3 Å². The first-order valence-electron chi connectivity index (χ1n) is 9.61. The van der Waals surface area contributed by atoms with Crippen molar-refractivity contribution in [3.05, 3.63) is 24.3 Å². The molecule has 1 aromatic rings. The molecule has 156 valence electrons. The summed E-state index contributed by atoms with van der Waals surface area (Å²) in [7, 11) is -2.16. The third kappa shape index (κ3) is 4.18. The molecule has 0 unspecified atom stereocenters. The number of methoxy groups -OCH3 is 1. The second-order valence-electron chi connectivity index (χ2n) is 8.36. The van der Waals surface area contributed by atoms with Crippen molar-refractivity contribution in [2.24, 2.45) is 5.92 Å². The van der Waals surface area contributed by atoms with Gasteiger partial charge in [0, 0.05) is 6.54 Å². The Morgan fingerprint density at radius 2 is 1.79 bits per heavy atom. The lowest BCUT2D eigenvalue weighted by atomic mass is 9.83. The molecule has 1 saturated carbocycles. The maximum Gasteiger partial charge on any atom is 0.309 e. The SMILES string of the molecule is COc1ccc(S(=O)(=O)N2CCOC23CCC(C(=O)OC(C)(C)C)CC3)cc1. The Morgan fingerprint density at radius 3 is 2.32 bits per heavy atom. The quantitative estimate of drug-likeness (QED) is 0.709. The molecule has 0 amide bonds. The fraction of sp³-hybridized carbons (Fsp3) is 0.650. The predicted molar refractivity (Wildman–Crippen MR) is 103 cm³/mol. The van der Waals surface area contributed by atoms with Crippen molar-refractivity contribution in [2.45, 2.75) is 62.7 Å². The van der Waals surface area contributed by atoms with E-state index in [9.17, 15) is 13.2 Å². The summed E-state index contributed by atoms with van der Waals surface area (Å²) >= 11 is 0. The number of hydrogen-bond acceptors (Lipinski definition) is 6. The highest BCUT2D eigenvalue weighted by atomic mass is 32.2. The lowest BCUT2D eigenvalue weighted by Gasteiger charge is -2.41. The number of rotatable bonds is 4. The van der Waals surface area contributed by atoms with Crippen molar-refractivity contribution in [3.63, 3.8) is 0 Å². The van der Waals surface area contributed by atoms with E-state index in [4.69, 9.17) is 14.2 Å². The van der Waals surface area contributed by atoms with Crippen molar-refractivity contribution >= 4 is 16.0 Å². The van der Waals surface area contributed by atoms with Crippen LogP contribution >= 0.6 is 0 Å². The van der Waals surface area contributed by atoms with Gasteiger partial charge in [0.2, 0.25) is 10.0 Å². The number of carbonyl (C=O) groups excluding carboxylic acids is 1. The monoisotopic (exact) mass is 411 g/mol. The van der Waals surface area contributed by atoms with Crippen LogP contribution in [0, 0.1) is 5.92 Å². The molecule has 7 nitrogen and oxygen atoms in total. The number of esters is 1. The number of carbonyl (C=O) groups is 1. The predicted octanol–water partition coefficient (Wildman–Crippen LogP) is 2.94. The van der Waals surface area contributed by atoms with E-state index in [1.54, 1.807) is 24.3 Å². The summed E-state index contributed by atoms with van der Waals surface area (Å²) in [4.78, 5) is 12.6. The Kier molecular flexibility index (Phi) is 5.76. The molecular weight excluding hydrogens is 382 g/mol. The Hall–Kier alpha value is -1.64. The smallest absolute Gasteiger partial charge is 0.309 e. The Bertz CT molecular complexity index is 804. The van der Waals surface area contributed by atoms with Gasteiger partial charge in [0.25, 0.3) is 0 Å². The summed E-state index contributed by atoms with van der Waals surface area (Å²) in [5, 5.41) is 0. The number of ether oxygens (including phenoxy) is 3. The molecule has 2 aliphatic rings. The molecule has 0 bridgehead atoms. The van der Waals surface area contributed by atoms with E-state index in [2.05, 4.69) is 0 Å². The van der Waals surface area contributed by atoms with E-state index in [1.165, 1.54) is 11.4 Å². The van der Waals surface area contributed by atoms with Crippen LogP contribution in [0.25, 0.3) is 0 Å². The largest absolute Gasteiger partial charge is 0.497 e. The second kappa shape index (κ2) is 7.65. The van der Waals surface area contributed by atoms with Crippen LogP contribution in [0.5, 0.6) is 5.75 Å². The molecule has 1 aliphatic heterocycles. The van der Waals surface area contributed by atoms with Gasteiger partial charge in [0.1, 0.15) is 17.1 Å².